The Bertz CT molecular complexity index is 1200. The highest BCUT2D eigenvalue weighted by molar-refractivity contribution is 7.89. The number of sulfonamides is 1. The van der Waals surface area contributed by atoms with Crippen molar-refractivity contribution in [2.45, 2.75) is 50.8 Å². The molecule has 0 saturated carbocycles. The van der Waals surface area contributed by atoms with E-state index in [0.29, 0.717) is 35.9 Å². The van der Waals surface area contributed by atoms with Gasteiger partial charge in [-0.3, -0.25) is 9.59 Å². The van der Waals surface area contributed by atoms with Crippen LogP contribution in [0.5, 0.6) is 0 Å². The maximum Gasteiger partial charge on any atom is 0.244 e. The molecule has 2 aliphatic rings. The second-order valence-electron chi connectivity index (χ2n) is 9.70. The van der Waals surface area contributed by atoms with Gasteiger partial charge >= 0.3 is 0 Å². The highest BCUT2D eigenvalue weighted by Gasteiger charge is 2.45. The molecule has 0 aromatic heterocycles. The van der Waals surface area contributed by atoms with E-state index in [1.165, 1.54) is 9.21 Å². The van der Waals surface area contributed by atoms with Gasteiger partial charge in [0.15, 0.2) is 0 Å². The minimum atomic E-state index is -3.64. The van der Waals surface area contributed by atoms with Crippen molar-refractivity contribution in [3.8, 4) is 0 Å². The highest BCUT2D eigenvalue weighted by atomic mass is 32.2. The lowest BCUT2D eigenvalue weighted by molar-refractivity contribution is -0.124. The average molecular weight is 470 g/mol. The fraction of sp³-hybridized carbons (Fsp3) is 0.440. The summed E-state index contributed by atoms with van der Waals surface area (Å²) >= 11 is 0. The maximum absolute atomic E-state index is 13.2. The van der Waals surface area contributed by atoms with Crippen LogP contribution in [-0.4, -0.2) is 44.2 Å². The number of aryl methyl sites for hydroxylation is 1. The Labute approximate surface area is 195 Å². The molecule has 33 heavy (non-hydrogen) atoms. The number of fused-ring (bicyclic) bond motifs is 1. The first kappa shape index (κ1) is 23.4. The van der Waals surface area contributed by atoms with Gasteiger partial charge in [-0.05, 0) is 81.0 Å². The maximum atomic E-state index is 13.2. The van der Waals surface area contributed by atoms with Gasteiger partial charge in [0.05, 0.1) is 10.3 Å². The summed E-state index contributed by atoms with van der Waals surface area (Å²) in [4.78, 5) is 27.5. The molecule has 8 heteroatoms. The van der Waals surface area contributed by atoms with E-state index in [1.54, 1.807) is 38.1 Å². The smallest absolute Gasteiger partial charge is 0.244 e. The summed E-state index contributed by atoms with van der Waals surface area (Å²) in [7, 11) is -3.64. The molecule has 0 atom stereocenters. The third-order valence-corrected chi connectivity index (χ3v) is 8.59. The summed E-state index contributed by atoms with van der Waals surface area (Å²) in [5, 5.41) is 2.84. The fourth-order valence-electron chi connectivity index (χ4n) is 4.57. The number of piperidine rings is 1. The van der Waals surface area contributed by atoms with Gasteiger partial charge in [0.1, 0.15) is 6.54 Å². The molecule has 0 bridgehead atoms. The first-order chi connectivity index (χ1) is 15.5. The van der Waals surface area contributed by atoms with Gasteiger partial charge in [-0.1, -0.05) is 19.1 Å². The van der Waals surface area contributed by atoms with Crippen LogP contribution in [0.4, 0.5) is 11.4 Å². The first-order valence-corrected chi connectivity index (χ1v) is 12.8. The summed E-state index contributed by atoms with van der Waals surface area (Å²) in [6.45, 7) is 8.49. The number of hydrogen-bond donors (Lipinski definition) is 1. The molecule has 0 radical (unpaired) electrons. The topological polar surface area (TPSA) is 86.8 Å². The Morgan fingerprint density at radius 2 is 1.82 bits per heavy atom. The van der Waals surface area contributed by atoms with Crippen LogP contribution >= 0.6 is 0 Å². The average Bonchev–Trinajstić information content (AvgIpc) is 2.94. The van der Waals surface area contributed by atoms with Crippen LogP contribution in [0.3, 0.4) is 0 Å². The van der Waals surface area contributed by atoms with Crippen LogP contribution in [0.25, 0.3) is 0 Å². The number of amides is 2. The predicted molar refractivity (Wildman–Crippen MR) is 129 cm³/mol. The van der Waals surface area contributed by atoms with Crippen molar-refractivity contribution >= 4 is 33.2 Å². The van der Waals surface area contributed by atoms with E-state index in [-0.39, 0.29) is 23.3 Å². The molecular formula is C25H31N3O4S. The molecule has 2 aromatic rings. The first-order valence-electron chi connectivity index (χ1n) is 11.3. The van der Waals surface area contributed by atoms with E-state index in [2.05, 4.69) is 12.2 Å². The molecule has 2 aromatic carbocycles. The van der Waals surface area contributed by atoms with Gasteiger partial charge in [0.2, 0.25) is 21.8 Å². The summed E-state index contributed by atoms with van der Waals surface area (Å²) in [5.74, 6) is -0.0116. The lowest BCUT2D eigenvalue weighted by Crippen LogP contribution is -2.40. The van der Waals surface area contributed by atoms with Crippen LogP contribution in [0.15, 0.2) is 47.4 Å². The number of benzene rings is 2. The van der Waals surface area contributed by atoms with E-state index >= 15 is 0 Å². The van der Waals surface area contributed by atoms with Crippen LogP contribution in [0, 0.1) is 12.8 Å². The molecule has 7 nitrogen and oxygen atoms in total. The summed E-state index contributed by atoms with van der Waals surface area (Å²) in [5.41, 5.74) is 1.97. The zero-order chi connectivity index (χ0) is 24.0. The quantitative estimate of drug-likeness (QED) is 0.724. The third kappa shape index (κ3) is 4.42. The minimum Gasteiger partial charge on any atom is -0.325 e. The number of carbonyl (C=O) groups is 2. The van der Waals surface area contributed by atoms with Gasteiger partial charge < -0.3 is 10.2 Å². The van der Waals surface area contributed by atoms with Crippen LogP contribution < -0.4 is 10.2 Å². The Balaban J connectivity index is 1.59. The summed E-state index contributed by atoms with van der Waals surface area (Å²) in [6.07, 6.45) is 1.69. The summed E-state index contributed by atoms with van der Waals surface area (Å²) < 4.78 is 28.0. The normalized spacial score (nSPS) is 18.9. The van der Waals surface area contributed by atoms with Crippen molar-refractivity contribution in [3.63, 3.8) is 0 Å². The number of nitrogens with one attached hydrogen (secondary N) is 1. The van der Waals surface area contributed by atoms with Gasteiger partial charge in [-0.25, -0.2) is 8.42 Å². The van der Waals surface area contributed by atoms with Crippen molar-refractivity contribution in [1.29, 1.82) is 0 Å². The van der Waals surface area contributed by atoms with Crippen molar-refractivity contribution in [3.05, 3.63) is 53.6 Å². The zero-order valence-electron chi connectivity index (χ0n) is 19.6. The molecule has 1 saturated heterocycles. The van der Waals surface area contributed by atoms with E-state index in [9.17, 15) is 18.0 Å². The molecule has 0 unspecified atom stereocenters. The third-order valence-electron chi connectivity index (χ3n) is 6.70. The van der Waals surface area contributed by atoms with Gasteiger partial charge in [0, 0.05) is 24.5 Å². The second kappa shape index (κ2) is 8.57. The Morgan fingerprint density at radius 1 is 1.12 bits per heavy atom. The molecule has 2 aliphatic heterocycles. The molecule has 0 spiro atoms. The van der Waals surface area contributed by atoms with E-state index in [1.807, 2.05) is 25.1 Å². The standard InChI is InChI=1S/C25H31N3O4S/c1-17-10-12-27(13-11-17)33(31,32)20-8-9-22-21(15-20)25(3,4)24(30)28(22)16-23(29)26-19-7-5-6-18(2)14-19/h5-9,14-15,17H,10-13,16H2,1-4H3,(H,26,29). The molecule has 4 rings (SSSR count). The number of rotatable bonds is 5. The van der Waals surface area contributed by atoms with Crippen molar-refractivity contribution in [2.75, 3.05) is 29.9 Å². The zero-order valence-corrected chi connectivity index (χ0v) is 20.4. The largest absolute Gasteiger partial charge is 0.325 e. The number of hydrogen-bond acceptors (Lipinski definition) is 4. The van der Waals surface area contributed by atoms with Gasteiger partial charge in [-0.2, -0.15) is 4.31 Å². The Morgan fingerprint density at radius 3 is 2.48 bits per heavy atom. The predicted octanol–water partition coefficient (Wildman–Crippen LogP) is 3.68. The van der Waals surface area contributed by atoms with Crippen molar-refractivity contribution in [2.24, 2.45) is 5.92 Å². The number of nitrogens with zero attached hydrogens (tertiary/aromatic N) is 2. The minimum absolute atomic E-state index is 0.140. The Kier molecular flexibility index (Phi) is 6.09. The molecule has 176 valence electrons. The van der Waals surface area contributed by atoms with E-state index < -0.39 is 15.4 Å². The molecule has 1 fully saturated rings. The van der Waals surface area contributed by atoms with Crippen LogP contribution in [0.2, 0.25) is 0 Å². The van der Waals surface area contributed by atoms with Gasteiger partial charge in [0.25, 0.3) is 0 Å². The van der Waals surface area contributed by atoms with Crippen molar-refractivity contribution in [1.82, 2.24) is 4.31 Å². The molecular weight excluding hydrogens is 438 g/mol. The molecule has 0 aliphatic carbocycles. The highest BCUT2D eigenvalue weighted by Crippen LogP contribution is 2.43. The van der Waals surface area contributed by atoms with E-state index in [0.717, 1.165) is 18.4 Å². The lowest BCUT2D eigenvalue weighted by Gasteiger charge is -2.29. The van der Waals surface area contributed by atoms with Crippen LogP contribution in [0.1, 0.15) is 44.7 Å². The fourth-order valence-corrected chi connectivity index (χ4v) is 6.07. The van der Waals surface area contributed by atoms with Crippen molar-refractivity contribution < 1.29 is 18.0 Å². The Hall–Kier alpha value is -2.71. The number of anilines is 2. The monoisotopic (exact) mass is 469 g/mol. The molecule has 2 heterocycles. The molecule has 2 amide bonds. The second-order valence-corrected chi connectivity index (χ2v) is 11.6. The van der Waals surface area contributed by atoms with Gasteiger partial charge in [-0.15, -0.1) is 0 Å². The van der Waals surface area contributed by atoms with Crippen LogP contribution in [-0.2, 0) is 25.0 Å². The number of carbonyl (C=O) groups excluding carboxylic acids is 2. The lowest BCUT2D eigenvalue weighted by atomic mass is 9.86. The summed E-state index contributed by atoms with van der Waals surface area (Å²) in [6, 6.07) is 12.3. The molecule has 1 N–H and O–H groups in total. The van der Waals surface area contributed by atoms with E-state index in [4.69, 9.17) is 0 Å². The SMILES string of the molecule is Cc1cccc(NC(=O)CN2C(=O)C(C)(C)c3cc(S(=O)(=O)N4CCC(C)CC4)ccc32)c1.